The number of nitrogens with zero attached hydrogens (tertiary/aromatic N) is 1. The average Bonchev–Trinajstić information content (AvgIpc) is 2.78. The lowest BCUT2D eigenvalue weighted by molar-refractivity contribution is -0.128. The van der Waals surface area contributed by atoms with Gasteiger partial charge in [0.25, 0.3) is 0 Å². The first-order chi connectivity index (χ1) is 15.2. The molecule has 0 spiro atoms. The van der Waals surface area contributed by atoms with Crippen molar-refractivity contribution in [1.82, 2.24) is 4.90 Å². The van der Waals surface area contributed by atoms with Crippen LogP contribution in [0.5, 0.6) is 0 Å². The molecule has 1 aliphatic heterocycles. The number of thioether (sulfide) groups is 1. The highest BCUT2D eigenvalue weighted by Gasteiger charge is 2.38. The molecular formula is C28H39NO2S. The smallest absolute Gasteiger partial charge is 0.182 e. The minimum absolute atomic E-state index is 0.103. The van der Waals surface area contributed by atoms with Crippen molar-refractivity contribution in [3.8, 4) is 0 Å². The molecule has 0 radical (unpaired) electrons. The minimum Gasteiger partial charge on any atom is -0.379 e. The van der Waals surface area contributed by atoms with Gasteiger partial charge in [0.1, 0.15) is 0 Å². The lowest BCUT2D eigenvalue weighted by Gasteiger charge is -2.40. The second kappa shape index (κ2) is 10.5. The monoisotopic (exact) mass is 453 g/mol. The number of fused-ring (bicyclic) bond motifs is 1. The average molecular weight is 454 g/mol. The Kier molecular flexibility index (Phi) is 8.24. The maximum Gasteiger partial charge on any atom is 0.182 e. The van der Waals surface area contributed by atoms with Gasteiger partial charge in [-0.25, -0.2) is 0 Å². The van der Waals surface area contributed by atoms with E-state index in [0.29, 0.717) is 19.6 Å². The highest BCUT2D eigenvalue weighted by atomic mass is 32.2. The molecule has 174 valence electrons. The summed E-state index contributed by atoms with van der Waals surface area (Å²) in [6, 6.07) is 6.91. The van der Waals surface area contributed by atoms with E-state index in [1.807, 2.05) is 17.8 Å². The minimum atomic E-state index is -0.560. The van der Waals surface area contributed by atoms with Gasteiger partial charge in [-0.15, -0.1) is 18.3 Å². The number of benzene rings is 1. The predicted octanol–water partition coefficient (Wildman–Crippen LogP) is 6.13. The first-order valence-corrected chi connectivity index (χ1v) is 12.9. The molecule has 0 bridgehead atoms. The van der Waals surface area contributed by atoms with Crippen LogP contribution in [0.4, 0.5) is 0 Å². The van der Waals surface area contributed by atoms with Crippen LogP contribution in [-0.4, -0.2) is 48.3 Å². The van der Waals surface area contributed by atoms with Crippen LogP contribution < -0.4 is 0 Å². The van der Waals surface area contributed by atoms with Gasteiger partial charge in [-0.1, -0.05) is 50.6 Å². The number of ketones is 1. The molecule has 1 fully saturated rings. The van der Waals surface area contributed by atoms with Crippen molar-refractivity contribution in [2.75, 3.05) is 32.1 Å². The van der Waals surface area contributed by atoms with Gasteiger partial charge >= 0.3 is 0 Å². The lowest BCUT2D eigenvalue weighted by Crippen LogP contribution is -2.54. The summed E-state index contributed by atoms with van der Waals surface area (Å²) < 4.78 is 5.51. The zero-order valence-electron chi connectivity index (χ0n) is 20.5. The Labute approximate surface area is 199 Å². The SMILES string of the molecule is C=CC/C=C(\C=C1/CCc2ccc(SCC)cc2C1(C)C)C(=O)C(C)(C)N1CCOCC1. The third kappa shape index (κ3) is 5.30. The molecular weight excluding hydrogens is 414 g/mol. The fourth-order valence-electron chi connectivity index (χ4n) is 4.85. The summed E-state index contributed by atoms with van der Waals surface area (Å²) in [4.78, 5) is 17.4. The second-order valence-electron chi connectivity index (χ2n) is 9.72. The number of hydrogen-bond acceptors (Lipinski definition) is 4. The van der Waals surface area contributed by atoms with Crippen LogP contribution >= 0.6 is 11.8 Å². The van der Waals surface area contributed by atoms with Gasteiger partial charge in [0, 0.05) is 29.0 Å². The van der Waals surface area contributed by atoms with E-state index in [-0.39, 0.29) is 11.2 Å². The van der Waals surface area contributed by atoms with Gasteiger partial charge < -0.3 is 4.74 Å². The van der Waals surface area contributed by atoms with Crippen LogP contribution in [0.15, 0.2) is 59.0 Å². The van der Waals surface area contributed by atoms with E-state index < -0.39 is 5.54 Å². The Hall–Kier alpha value is -1.62. The lowest BCUT2D eigenvalue weighted by atomic mass is 9.68. The standard InChI is InChI=1S/C28H39NO2S/c1-7-9-10-22(26(30)28(5,6)29-15-17-31-18-16-29)19-23-13-11-21-12-14-24(32-8-2)20-25(21)27(23,3)4/h7,10,12,14,19-20H,1,8-9,11,13,15-18H2,2-6H3/b22-10+,23-19+. The molecule has 1 aliphatic carbocycles. The molecule has 0 amide bonds. The van der Waals surface area contributed by atoms with Crippen LogP contribution in [0.25, 0.3) is 0 Å². The molecule has 0 aromatic heterocycles. The zero-order chi connectivity index (χ0) is 23.4. The Morgan fingerprint density at radius 2 is 1.97 bits per heavy atom. The summed E-state index contributed by atoms with van der Waals surface area (Å²) in [6.45, 7) is 17.7. The number of rotatable bonds is 8. The van der Waals surface area contributed by atoms with E-state index >= 15 is 0 Å². The summed E-state index contributed by atoms with van der Waals surface area (Å²) in [6.07, 6.45) is 8.81. The third-order valence-corrected chi connectivity index (χ3v) is 7.86. The maximum absolute atomic E-state index is 13.8. The molecule has 1 aromatic carbocycles. The quantitative estimate of drug-likeness (QED) is 0.269. The molecule has 1 heterocycles. The van der Waals surface area contributed by atoms with Crippen molar-refractivity contribution < 1.29 is 9.53 Å². The number of aryl methyl sites for hydroxylation is 1. The number of carbonyl (C=O) groups is 1. The number of morpholine rings is 1. The topological polar surface area (TPSA) is 29.5 Å². The van der Waals surface area contributed by atoms with Gasteiger partial charge in [0.2, 0.25) is 0 Å². The van der Waals surface area contributed by atoms with Crippen molar-refractivity contribution in [1.29, 1.82) is 0 Å². The highest BCUT2D eigenvalue weighted by Crippen LogP contribution is 2.43. The third-order valence-electron chi connectivity index (χ3n) is 6.99. The van der Waals surface area contributed by atoms with Crippen LogP contribution in [0.2, 0.25) is 0 Å². The summed E-state index contributed by atoms with van der Waals surface area (Å²) in [5.41, 5.74) is 4.32. The predicted molar refractivity (Wildman–Crippen MR) is 137 cm³/mol. The molecule has 0 atom stereocenters. The molecule has 4 heteroatoms. The van der Waals surface area contributed by atoms with Gasteiger partial charge in [0.05, 0.1) is 18.8 Å². The molecule has 1 saturated heterocycles. The van der Waals surface area contributed by atoms with Crippen LogP contribution in [0, 0.1) is 0 Å². The summed E-state index contributed by atoms with van der Waals surface area (Å²) in [7, 11) is 0. The van der Waals surface area contributed by atoms with E-state index in [2.05, 4.69) is 76.4 Å². The summed E-state index contributed by atoms with van der Waals surface area (Å²) in [5, 5.41) is 0. The van der Waals surface area contributed by atoms with E-state index in [1.165, 1.54) is 21.6 Å². The normalized spacial score (nSPS) is 20.8. The first-order valence-electron chi connectivity index (χ1n) is 11.9. The number of ether oxygens (including phenoxy) is 1. The number of Topliss-reactive ketones (excluding diaryl/α,β-unsaturated/α-hetero) is 1. The van der Waals surface area contributed by atoms with E-state index in [0.717, 1.165) is 37.3 Å². The van der Waals surface area contributed by atoms with Crippen molar-refractivity contribution in [3.05, 3.63) is 65.3 Å². The number of allylic oxidation sites excluding steroid dienone is 4. The fraction of sp³-hybridized carbons (Fsp3) is 0.536. The van der Waals surface area contributed by atoms with Gasteiger partial charge in [-0.2, -0.15) is 0 Å². The first kappa shape index (κ1) is 25.0. The van der Waals surface area contributed by atoms with E-state index in [4.69, 9.17) is 4.74 Å². The number of hydrogen-bond donors (Lipinski definition) is 0. The molecule has 3 nitrogen and oxygen atoms in total. The zero-order valence-corrected chi connectivity index (χ0v) is 21.3. The van der Waals surface area contributed by atoms with Crippen LogP contribution in [0.1, 0.15) is 58.6 Å². The van der Waals surface area contributed by atoms with Crippen molar-refractivity contribution in [2.45, 2.75) is 69.7 Å². The Morgan fingerprint density at radius 1 is 1.25 bits per heavy atom. The van der Waals surface area contributed by atoms with Gasteiger partial charge in [-0.05, 0) is 62.1 Å². The second-order valence-corrected chi connectivity index (χ2v) is 11.1. The summed E-state index contributed by atoms with van der Waals surface area (Å²) in [5.74, 6) is 1.26. The Bertz CT molecular complexity index is 904. The largest absolute Gasteiger partial charge is 0.379 e. The van der Waals surface area contributed by atoms with Crippen molar-refractivity contribution >= 4 is 17.5 Å². The number of carbonyl (C=O) groups excluding carboxylic acids is 1. The van der Waals surface area contributed by atoms with Crippen molar-refractivity contribution in [2.24, 2.45) is 0 Å². The van der Waals surface area contributed by atoms with E-state index in [1.54, 1.807) is 0 Å². The highest BCUT2D eigenvalue weighted by molar-refractivity contribution is 7.99. The van der Waals surface area contributed by atoms with Crippen molar-refractivity contribution in [3.63, 3.8) is 0 Å². The molecule has 0 N–H and O–H groups in total. The molecule has 32 heavy (non-hydrogen) atoms. The van der Waals surface area contributed by atoms with E-state index in [9.17, 15) is 4.79 Å². The van der Waals surface area contributed by atoms with Gasteiger partial charge in [-0.3, -0.25) is 9.69 Å². The maximum atomic E-state index is 13.8. The summed E-state index contributed by atoms with van der Waals surface area (Å²) >= 11 is 1.89. The van der Waals surface area contributed by atoms with Gasteiger partial charge in [0.15, 0.2) is 5.78 Å². The molecule has 1 aromatic rings. The van der Waals surface area contributed by atoms with Crippen LogP contribution in [0.3, 0.4) is 0 Å². The Balaban J connectivity index is 1.97. The molecule has 0 unspecified atom stereocenters. The fourth-order valence-corrected chi connectivity index (χ4v) is 5.55. The molecule has 2 aliphatic rings. The Morgan fingerprint density at radius 3 is 2.62 bits per heavy atom. The molecule has 0 saturated carbocycles. The molecule has 3 rings (SSSR count). The van der Waals surface area contributed by atoms with Crippen LogP contribution in [-0.2, 0) is 21.4 Å².